The highest BCUT2D eigenvalue weighted by atomic mass is 32.2. The van der Waals surface area contributed by atoms with Crippen molar-refractivity contribution in [3.63, 3.8) is 0 Å². The summed E-state index contributed by atoms with van der Waals surface area (Å²) in [7, 11) is -2.04. The Labute approximate surface area is 228 Å². The Morgan fingerprint density at radius 1 is 1.26 bits per heavy atom. The molecule has 4 aliphatic rings. The maximum Gasteiger partial charge on any atom is 0.501 e. The number of amides is 4. The lowest BCUT2D eigenvalue weighted by molar-refractivity contribution is -0.449. The van der Waals surface area contributed by atoms with E-state index in [0.717, 1.165) is 17.7 Å². The van der Waals surface area contributed by atoms with Crippen molar-refractivity contribution in [2.24, 2.45) is 13.0 Å². The fourth-order valence-corrected chi connectivity index (χ4v) is 6.47. The van der Waals surface area contributed by atoms with Gasteiger partial charge in [0.2, 0.25) is 10.0 Å². The Kier molecular flexibility index (Phi) is 6.57. The van der Waals surface area contributed by atoms with Gasteiger partial charge in [0.25, 0.3) is 0 Å². The van der Waals surface area contributed by atoms with E-state index in [1.54, 1.807) is 55.9 Å². The number of hydrogen-bond acceptors (Lipinski definition) is 7. The fourth-order valence-electron chi connectivity index (χ4n) is 4.84. The molecule has 1 N–H and O–H groups in total. The van der Waals surface area contributed by atoms with Gasteiger partial charge in [-0.1, -0.05) is 6.08 Å². The Morgan fingerprint density at radius 3 is 2.54 bits per heavy atom. The molecule has 1 saturated carbocycles. The summed E-state index contributed by atoms with van der Waals surface area (Å²) >= 11 is 0. The van der Waals surface area contributed by atoms with Gasteiger partial charge in [0, 0.05) is 43.4 Å². The smallest absolute Gasteiger partial charge is 0.444 e. The van der Waals surface area contributed by atoms with Gasteiger partial charge in [-0.05, 0) is 52.7 Å². The summed E-state index contributed by atoms with van der Waals surface area (Å²) in [5.74, 6) is -0.587. The number of allylic oxidation sites excluding steroid dienone is 1. The van der Waals surface area contributed by atoms with Gasteiger partial charge >= 0.3 is 18.0 Å². The van der Waals surface area contributed by atoms with Crippen LogP contribution in [0.5, 0.6) is 0 Å². The van der Waals surface area contributed by atoms with Gasteiger partial charge in [-0.15, -0.1) is 0 Å². The van der Waals surface area contributed by atoms with Gasteiger partial charge in [0.15, 0.2) is 0 Å². The van der Waals surface area contributed by atoms with Gasteiger partial charge < -0.3 is 9.64 Å². The molecule has 1 atom stereocenters. The number of sulfonamides is 1. The largest absolute Gasteiger partial charge is 0.501 e. The van der Waals surface area contributed by atoms with Crippen LogP contribution in [0.2, 0.25) is 0 Å². The summed E-state index contributed by atoms with van der Waals surface area (Å²) in [6.45, 7) is 8.33. The van der Waals surface area contributed by atoms with Crippen LogP contribution in [0.1, 0.15) is 46.1 Å². The molecule has 12 nitrogen and oxygen atoms in total. The van der Waals surface area contributed by atoms with E-state index in [4.69, 9.17) is 4.74 Å². The lowest BCUT2D eigenvalue weighted by Gasteiger charge is -2.39. The molecule has 2 aliphatic heterocycles. The van der Waals surface area contributed by atoms with Crippen LogP contribution in [-0.2, 0) is 33.1 Å². The Morgan fingerprint density at radius 2 is 1.95 bits per heavy atom. The average Bonchev–Trinajstić information content (AvgIpc) is 3.37. The number of carbonyl (C=O) groups excluding carboxylic acids is 3. The maximum atomic E-state index is 13.6. The highest BCUT2D eigenvalue weighted by Crippen LogP contribution is 2.36. The summed E-state index contributed by atoms with van der Waals surface area (Å²) in [5, 5.41) is 3.08. The zero-order valence-corrected chi connectivity index (χ0v) is 23.7. The summed E-state index contributed by atoms with van der Waals surface area (Å²) in [6, 6.07) is -0.499. The number of fused-ring (bicyclic) bond motifs is 1. The molecule has 5 rings (SSSR count). The second-order valence-corrected chi connectivity index (χ2v) is 13.9. The van der Waals surface area contributed by atoms with Gasteiger partial charge in [-0.25, -0.2) is 22.7 Å². The average molecular weight is 560 g/mol. The number of likely N-dealkylation sites (tertiary alicyclic amines) is 1. The number of urea groups is 1. The van der Waals surface area contributed by atoms with Crippen molar-refractivity contribution in [3.05, 3.63) is 41.8 Å². The minimum atomic E-state index is -3.78. The van der Waals surface area contributed by atoms with E-state index < -0.39 is 44.4 Å². The van der Waals surface area contributed by atoms with Crippen molar-refractivity contribution < 1.29 is 32.1 Å². The topological polar surface area (TPSA) is 134 Å². The first-order valence-corrected chi connectivity index (χ1v) is 14.6. The molecule has 0 radical (unpaired) electrons. The molecule has 39 heavy (non-hydrogen) atoms. The predicted molar refractivity (Wildman–Crippen MR) is 141 cm³/mol. The molecule has 4 amide bonds. The van der Waals surface area contributed by atoms with Gasteiger partial charge in [-0.3, -0.25) is 4.68 Å². The van der Waals surface area contributed by atoms with Crippen molar-refractivity contribution in [1.29, 1.82) is 0 Å². The number of nitrogens with zero attached hydrogens (tertiary/aromatic N) is 5. The fraction of sp³-hybridized carbons (Fsp3) is 0.577. The number of nitrogens with one attached hydrogen (secondary N) is 1. The van der Waals surface area contributed by atoms with Crippen molar-refractivity contribution in [1.82, 2.24) is 24.3 Å². The molecule has 0 bridgehead atoms. The molecule has 1 unspecified atom stereocenters. The van der Waals surface area contributed by atoms with Crippen molar-refractivity contribution in [3.8, 4) is 0 Å². The minimum Gasteiger partial charge on any atom is -0.444 e. The van der Waals surface area contributed by atoms with E-state index >= 15 is 0 Å². The third kappa shape index (κ3) is 5.69. The number of imide groups is 1. The Balaban J connectivity index is 1.41. The molecule has 1 aromatic rings. The molecule has 2 aliphatic carbocycles. The third-order valence-electron chi connectivity index (χ3n) is 7.17. The van der Waals surface area contributed by atoms with Gasteiger partial charge in [0.1, 0.15) is 35.2 Å². The molecule has 1 saturated heterocycles. The first-order chi connectivity index (χ1) is 18.1. The Hall–Kier alpha value is -3.32. The van der Waals surface area contributed by atoms with E-state index in [1.807, 2.05) is 6.92 Å². The third-order valence-corrected chi connectivity index (χ3v) is 8.96. The number of aromatic nitrogens is 2. The van der Waals surface area contributed by atoms with Crippen LogP contribution in [0.3, 0.4) is 0 Å². The number of ether oxygens (including phenoxy) is 1. The lowest BCUT2D eigenvalue weighted by atomic mass is 9.96. The molecule has 210 valence electrons. The zero-order valence-electron chi connectivity index (χ0n) is 22.9. The Bertz CT molecular complexity index is 1420. The van der Waals surface area contributed by atoms with Gasteiger partial charge in [0.05, 0.1) is 6.20 Å². The van der Waals surface area contributed by atoms with E-state index in [1.165, 1.54) is 16.7 Å². The van der Waals surface area contributed by atoms with Crippen LogP contribution >= 0.6 is 0 Å². The predicted octanol–water partition coefficient (Wildman–Crippen LogP) is 1.54. The minimum absolute atomic E-state index is 0.00121. The second-order valence-electron chi connectivity index (χ2n) is 12.1. The molecule has 0 aromatic carbocycles. The van der Waals surface area contributed by atoms with Crippen molar-refractivity contribution in [2.45, 2.75) is 63.5 Å². The lowest BCUT2D eigenvalue weighted by Crippen LogP contribution is -2.58. The number of hydrogen-bond donors (Lipinski definition) is 1. The summed E-state index contributed by atoms with van der Waals surface area (Å²) in [6.07, 6.45) is 8.90. The van der Waals surface area contributed by atoms with E-state index in [9.17, 15) is 22.8 Å². The first-order valence-electron chi connectivity index (χ1n) is 13.0. The molecule has 1 aromatic heterocycles. The summed E-state index contributed by atoms with van der Waals surface area (Å²) in [5.41, 5.74) is 0.141. The van der Waals surface area contributed by atoms with E-state index in [0.29, 0.717) is 24.4 Å². The van der Waals surface area contributed by atoms with Crippen LogP contribution in [0, 0.1) is 5.92 Å². The molecular weight excluding hydrogens is 524 g/mol. The summed E-state index contributed by atoms with van der Waals surface area (Å²) < 4.78 is 37.4. The van der Waals surface area contributed by atoms with Crippen LogP contribution in [0.15, 0.2) is 36.2 Å². The molecular formula is C26H35N6O6S+. The number of rotatable bonds is 7. The molecule has 13 heteroatoms. The van der Waals surface area contributed by atoms with Crippen molar-refractivity contribution in [2.75, 3.05) is 19.6 Å². The molecule has 0 spiro atoms. The normalized spacial score (nSPS) is 23.0. The van der Waals surface area contributed by atoms with Crippen LogP contribution in [0.4, 0.5) is 9.59 Å². The maximum absolute atomic E-state index is 13.6. The summed E-state index contributed by atoms with van der Waals surface area (Å²) in [4.78, 5) is 42.3. The molecule has 2 fully saturated rings. The van der Waals surface area contributed by atoms with Crippen LogP contribution in [-0.4, -0.2) is 92.3 Å². The molecule has 3 heterocycles. The van der Waals surface area contributed by atoms with Crippen LogP contribution < -0.4 is 4.72 Å². The number of carbonyl (C=O) groups is 3. The standard InChI is InChI=1S/C26H35N6O6S/c1-25(2,3)38-24(35)30-13-18(14-30)16-31-21-7-6-19(39(36,37)28-26(4)8-9-26)10-20(21)22(33)32(23(31)34)15-17-11-27-29(5)12-17/h6-7,10-12,18-19,28H,8-9,13-16H2,1-5H3/q+1. The highest BCUT2D eigenvalue weighted by molar-refractivity contribution is 7.90. The highest BCUT2D eigenvalue weighted by Gasteiger charge is 2.49. The monoisotopic (exact) mass is 559 g/mol. The number of aryl methyl sites for hydroxylation is 1. The van der Waals surface area contributed by atoms with E-state index in [-0.39, 0.29) is 24.6 Å². The van der Waals surface area contributed by atoms with E-state index in [2.05, 4.69) is 9.82 Å². The first kappa shape index (κ1) is 27.3. The SMILES string of the molecule is Cn1cc(CN2C(=O)C3=CC(S(=O)(=O)NC4(C)CC4)C=CC3=[N+](CC3CN(C(=O)OC(C)(C)C)C3)C2=O)cn1. The van der Waals surface area contributed by atoms with Gasteiger partial charge in [-0.2, -0.15) is 19.4 Å². The van der Waals surface area contributed by atoms with Crippen LogP contribution in [0.25, 0.3) is 0 Å². The quantitative estimate of drug-likeness (QED) is 0.501. The van der Waals surface area contributed by atoms with Crippen molar-refractivity contribution >= 4 is 33.8 Å². The zero-order chi connectivity index (χ0) is 28.3. The second kappa shape index (κ2) is 9.40.